The summed E-state index contributed by atoms with van der Waals surface area (Å²) in [6, 6.07) is 10.6. The second-order valence-corrected chi connectivity index (χ2v) is 28.1. The number of aryl methyl sites for hydroxylation is 2. The number of nitrogens with zero attached hydrogens (tertiary/aromatic N) is 4. The zero-order valence-electron chi connectivity index (χ0n) is 63.7. The average molecular weight is 1590 g/mol. The molecule has 2 aromatic carbocycles. The summed E-state index contributed by atoms with van der Waals surface area (Å²) < 4.78 is 34.6. The Bertz CT molecular complexity index is 3090. The zero-order chi connectivity index (χ0) is 80.4. The molecule has 12 unspecified atom stereocenters. The van der Waals surface area contributed by atoms with E-state index in [4.69, 9.17) is 120 Å². The number of guanidine groups is 4. The molecule has 12 atom stereocenters. The summed E-state index contributed by atoms with van der Waals surface area (Å²) in [6.45, 7) is 6.13. The van der Waals surface area contributed by atoms with Crippen molar-refractivity contribution in [2.45, 2.75) is 195 Å². The minimum Gasteiger partial charge on any atom is -0.491 e. The van der Waals surface area contributed by atoms with Crippen LogP contribution in [-0.2, 0) is 60.6 Å². The smallest absolute Gasteiger partial charge is 0.246 e. The van der Waals surface area contributed by atoms with Gasteiger partial charge < -0.3 is 118 Å². The lowest BCUT2D eigenvalue weighted by atomic mass is 10.0. The predicted octanol–water partition coefficient (Wildman–Crippen LogP) is -3.08. The zero-order valence-corrected chi connectivity index (χ0v) is 65.3. The molecule has 39 heteroatoms. The number of amides is 6. The van der Waals surface area contributed by atoms with Gasteiger partial charge in [0, 0.05) is 45.2 Å². The van der Waals surface area contributed by atoms with Gasteiger partial charge in [0.1, 0.15) is 54.4 Å². The van der Waals surface area contributed by atoms with Gasteiger partial charge >= 0.3 is 0 Å². The van der Waals surface area contributed by atoms with Crippen LogP contribution in [0, 0.1) is 11.8 Å². The van der Waals surface area contributed by atoms with E-state index < -0.39 is 95.8 Å². The third kappa shape index (κ3) is 41.1. The molecule has 1 saturated carbocycles. The van der Waals surface area contributed by atoms with Crippen molar-refractivity contribution in [1.29, 1.82) is 0 Å². The van der Waals surface area contributed by atoms with E-state index in [0.717, 1.165) is 75.3 Å². The Morgan fingerprint density at radius 1 is 0.500 bits per heavy atom. The average Bonchev–Trinajstić information content (AvgIpc) is 0.884. The van der Waals surface area contributed by atoms with E-state index in [1.807, 2.05) is 48.5 Å². The predicted molar refractivity (Wildman–Crippen MR) is 427 cm³/mol. The Hall–Kier alpha value is -7.60. The third-order valence-electron chi connectivity index (χ3n) is 18.0. The number of unbranched alkanes of at least 4 members (excludes halogenated alkanes) is 4. The summed E-state index contributed by atoms with van der Waals surface area (Å²) in [4.78, 5) is 96.5. The molecule has 6 amide bonds. The van der Waals surface area contributed by atoms with Gasteiger partial charge in [0.2, 0.25) is 35.4 Å². The maximum atomic E-state index is 13.8. The number of piperazine rings is 1. The number of nitrogens with two attached hydrogens (primary N) is 12. The van der Waals surface area contributed by atoms with Crippen molar-refractivity contribution in [3.05, 3.63) is 59.7 Å². The summed E-state index contributed by atoms with van der Waals surface area (Å²) in [7, 11) is 0. The molecule has 1 heterocycles. The van der Waals surface area contributed by atoms with Gasteiger partial charge in [-0.25, -0.2) is 0 Å². The van der Waals surface area contributed by atoms with Gasteiger partial charge in [-0.2, -0.15) is 0 Å². The molecule has 4 rings (SSSR count). The fourth-order valence-corrected chi connectivity index (χ4v) is 12.2. The molecule has 2 aromatic rings. The van der Waals surface area contributed by atoms with E-state index in [2.05, 4.69) is 67.8 Å². The molecule has 1 aliphatic heterocycles. The van der Waals surface area contributed by atoms with Crippen molar-refractivity contribution in [2.75, 3.05) is 105 Å². The number of ether oxygens (including phenoxy) is 6. The first-order valence-electron chi connectivity index (χ1n) is 38.1. The highest BCUT2D eigenvalue weighted by Crippen LogP contribution is 2.31. The van der Waals surface area contributed by atoms with Crippen LogP contribution in [-0.4, -0.2) is 230 Å². The molecule has 0 radical (unpaired) electrons. The van der Waals surface area contributed by atoms with Gasteiger partial charge in [-0.1, -0.05) is 50.5 Å². The van der Waals surface area contributed by atoms with Crippen molar-refractivity contribution in [2.24, 2.45) is 101 Å². The van der Waals surface area contributed by atoms with E-state index in [9.17, 15) is 28.8 Å². The van der Waals surface area contributed by atoms with Crippen LogP contribution in [0.4, 0.5) is 0 Å². The molecule has 110 heavy (non-hydrogen) atoms. The monoisotopic (exact) mass is 1590 g/mol. The molecule has 1 aliphatic carbocycles. The molecule has 1 saturated heterocycles. The van der Waals surface area contributed by atoms with E-state index in [-0.39, 0.29) is 107 Å². The highest BCUT2D eigenvalue weighted by molar-refractivity contribution is 6.21. The molecule has 622 valence electrons. The number of nitrogens with one attached hydrogen (secondary N) is 9. The lowest BCUT2D eigenvalue weighted by molar-refractivity contribution is -0.131. The van der Waals surface area contributed by atoms with Crippen LogP contribution in [0.3, 0.4) is 0 Å². The molecule has 33 N–H and O–H groups in total. The summed E-state index contributed by atoms with van der Waals surface area (Å²) in [5.74, 6) is -1.79. The quantitative estimate of drug-likeness (QED) is 0.00780. The Labute approximate surface area is 656 Å². The van der Waals surface area contributed by atoms with E-state index in [0.29, 0.717) is 109 Å². The van der Waals surface area contributed by atoms with Crippen LogP contribution in [0.1, 0.15) is 127 Å². The summed E-state index contributed by atoms with van der Waals surface area (Å²) >= 11 is 12.7. The Balaban J connectivity index is 1.15. The van der Waals surface area contributed by atoms with E-state index in [1.165, 1.54) is 0 Å². The number of hydrogen-bond acceptors (Lipinski definition) is 25. The fraction of sp³-hybridized carbons (Fsp3) is 0.690. The summed E-state index contributed by atoms with van der Waals surface area (Å²) in [5, 5.41) is 24.8. The highest BCUT2D eigenvalue weighted by atomic mass is 35.5. The minimum atomic E-state index is -1.13. The highest BCUT2D eigenvalue weighted by Gasteiger charge is 2.37. The number of alkyl halides is 2. The van der Waals surface area contributed by atoms with Gasteiger partial charge in [-0.3, -0.25) is 75.3 Å². The van der Waals surface area contributed by atoms with Crippen LogP contribution in [0.2, 0.25) is 0 Å². The molecule has 2 aliphatic rings. The number of carbonyl (C=O) groups is 6. The number of rotatable bonds is 57. The van der Waals surface area contributed by atoms with Crippen molar-refractivity contribution < 1.29 is 57.2 Å². The molecular weight excluding hydrogens is 1470 g/mol. The van der Waals surface area contributed by atoms with Crippen LogP contribution < -0.4 is 126 Å². The molecule has 37 nitrogen and oxygen atoms in total. The van der Waals surface area contributed by atoms with Gasteiger partial charge in [0.15, 0.2) is 23.8 Å². The van der Waals surface area contributed by atoms with Gasteiger partial charge in [-0.15, -0.1) is 23.2 Å². The molecule has 2 fully saturated rings. The molecule has 0 bridgehead atoms. The first-order valence-corrected chi connectivity index (χ1v) is 39.0. The molecule has 0 spiro atoms. The third-order valence-corrected chi connectivity index (χ3v) is 19.1. The largest absolute Gasteiger partial charge is 0.491 e. The molecule has 0 aromatic heterocycles. The van der Waals surface area contributed by atoms with Crippen molar-refractivity contribution in [1.82, 2.24) is 47.9 Å². The second-order valence-electron chi connectivity index (χ2n) is 27.1. The SMILES string of the molecule is CC(CCCCN=C(N)N)C(=O)NC(CCCC(NC(=O)C(N)CCCCN=C(N)N)C(=O)NCCOCCOCCOc1ccc(CCCCN=C(N)NC(=O)C2NC(Cl)C(N)NC2N)cc1)C(=O)NCCOCCOCCOc1ccc(CCCCN=C(N)NC(=O)C(N)C(N)NC(N)C(Cl)C2CCCC2)cc1. The molecular formula is C71H127Cl2N25O12. The number of hydrogen-bond donors (Lipinski definition) is 21. The Kier molecular flexibility index (Phi) is 48.0. The maximum absolute atomic E-state index is 13.8. The van der Waals surface area contributed by atoms with Gasteiger partial charge in [0.25, 0.3) is 0 Å². The van der Waals surface area contributed by atoms with Crippen molar-refractivity contribution in [3.63, 3.8) is 0 Å². The number of benzene rings is 2. The first kappa shape index (κ1) is 94.8. The van der Waals surface area contributed by atoms with E-state index in [1.54, 1.807) is 6.92 Å². The lowest BCUT2D eigenvalue weighted by Gasteiger charge is -2.36. The Morgan fingerprint density at radius 2 is 0.945 bits per heavy atom. The minimum absolute atomic E-state index is 0.0138. The second kappa shape index (κ2) is 55.8. The van der Waals surface area contributed by atoms with Crippen molar-refractivity contribution in [3.8, 4) is 11.5 Å². The van der Waals surface area contributed by atoms with Gasteiger partial charge in [-0.05, 0) is 144 Å². The van der Waals surface area contributed by atoms with Crippen LogP contribution >= 0.6 is 23.2 Å². The Morgan fingerprint density at radius 3 is 1.45 bits per heavy atom. The van der Waals surface area contributed by atoms with Crippen molar-refractivity contribution >= 4 is 82.5 Å². The summed E-state index contributed by atoms with van der Waals surface area (Å²) in [6.07, 6.45) is 9.77. The fourth-order valence-electron chi connectivity index (χ4n) is 11.6. The standard InChI is InChI=1S/C71H127Cl2N25O12/c1-45(13-4-8-29-88-68(80)81)62(99)92-52(64(101)86-33-35-105-37-39-107-41-43-109-49-25-21-46(22-26-49)14-5-9-31-90-70(84)97-66(103)55(75)59(77)95-58(76)54(72)48-16-2-3-17-48)19-12-20-53(93-63(100)51(74)18-7-11-30-89-69(82)83)65(102)87-34-36-106-38-40-108-42-44-110-50-27-23-47(24-28-50)15-6-10-32-91-71(85)98-67(104)56-60(78)96-61(79)57(73)94-56/h21-28,45,48,51-61,94-96H,2-20,29-44,74-79H2,1H3,(H,86,101)(H,87,102)(H,92,99)(H,93,100)(H4,80,81,88)(H4,82,83,89)(H3,84,90,97,103)(H3,85,91,98,104). The van der Waals surface area contributed by atoms with Crippen LogP contribution in [0.25, 0.3) is 0 Å². The van der Waals surface area contributed by atoms with Gasteiger partial charge in [0.05, 0.1) is 88.9 Å². The first-order chi connectivity index (χ1) is 52.8. The van der Waals surface area contributed by atoms with E-state index >= 15 is 0 Å². The summed E-state index contributed by atoms with van der Waals surface area (Å²) in [5.41, 5.74) is 71.8. The number of carbonyl (C=O) groups excluding carboxylic acids is 6. The number of aliphatic imine (C=N–C) groups is 4. The normalized spacial score (nSPS) is 18.3. The lowest BCUT2D eigenvalue weighted by Crippen LogP contribution is -2.73. The topological polar surface area (TPSA) is 628 Å². The van der Waals surface area contributed by atoms with Crippen LogP contribution in [0.15, 0.2) is 68.5 Å². The van der Waals surface area contributed by atoms with Crippen LogP contribution in [0.5, 0.6) is 11.5 Å². The number of halogens is 2. The maximum Gasteiger partial charge on any atom is 0.246 e.